The van der Waals surface area contributed by atoms with E-state index in [0.717, 1.165) is 29.4 Å². The predicted octanol–water partition coefficient (Wildman–Crippen LogP) is 3.92. The van der Waals surface area contributed by atoms with E-state index in [1.165, 1.54) is 11.1 Å². The van der Waals surface area contributed by atoms with Crippen molar-refractivity contribution < 1.29 is 0 Å². The van der Waals surface area contributed by atoms with Gasteiger partial charge in [0, 0.05) is 24.2 Å². The Hall–Kier alpha value is -1.59. The van der Waals surface area contributed by atoms with Crippen LogP contribution in [0.2, 0.25) is 0 Å². The zero-order valence-corrected chi connectivity index (χ0v) is 14.6. The number of hydrogen-bond donors (Lipinski definition) is 2. The van der Waals surface area contributed by atoms with Crippen LogP contribution in [0.3, 0.4) is 0 Å². The van der Waals surface area contributed by atoms with E-state index in [-0.39, 0.29) is 0 Å². The van der Waals surface area contributed by atoms with Crippen LogP contribution < -0.4 is 10.6 Å². The van der Waals surface area contributed by atoms with E-state index >= 15 is 0 Å². The second-order valence-corrected chi connectivity index (χ2v) is 6.65. The fourth-order valence-electron chi connectivity index (χ4n) is 1.99. The Labute approximate surface area is 141 Å². The molecule has 0 unspecified atom stereocenters. The Morgan fingerprint density at radius 3 is 2.77 bits per heavy atom. The maximum Gasteiger partial charge on any atom is 0.171 e. The zero-order chi connectivity index (χ0) is 15.8. The van der Waals surface area contributed by atoms with Crippen LogP contribution in [0.5, 0.6) is 0 Å². The molecular formula is C17H21N3S2. The standard InChI is InChI=1S/C17H21N3S2/c1-13-4-3-5-15(10-13)12-22-9-8-19-17(21)20-16-11-14(2)6-7-18-16/h3-7,10-11H,8-9,12H2,1-2H3,(H2,18,19,20,21). The van der Waals surface area contributed by atoms with Crippen molar-refractivity contribution in [3.05, 3.63) is 59.3 Å². The lowest BCUT2D eigenvalue weighted by atomic mass is 10.2. The summed E-state index contributed by atoms with van der Waals surface area (Å²) in [4.78, 5) is 4.23. The van der Waals surface area contributed by atoms with Crippen LogP contribution >= 0.6 is 24.0 Å². The minimum absolute atomic E-state index is 0.620. The Bertz CT molecular complexity index is 629. The molecule has 0 aliphatic rings. The van der Waals surface area contributed by atoms with Gasteiger partial charge < -0.3 is 10.6 Å². The van der Waals surface area contributed by atoms with Crippen molar-refractivity contribution in [2.24, 2.45) is 0 Å². The van der Waals surface area contributed by atoms with Gasteiger partial charge in [-0.05, 0) is 49.3 Å². The number of thioether (sulfide) groups is 1. The Morgan fingerprint density at radius 2 is 2.00 bits per heavy atom. The lowest BCUT2D eigenvalue weighted by Gasteiger charge is -2.10. The molecule has 0 aliphatic heterocycles. The topological polar surface area (TPSA) is 37.0 Å². The third kappa shape index (κ3) is 6.03. The summed E-state index contributed by atoms with van der Waals surface area (Å²) in [5, 5.41) is 6.93. The Balaban J connectivity index is 1.63. The molecule has 2 rings (SSSR count). The number of nitrogens with one attached hydrogen (secondary N) is 2. The first kappa shape index (κ1) is 16.8. The normalized spacial score (nSPS) is 10.3. The van der Waals surface area contributed by atoms with Crippen LogP contribution in [0.1, 0.15) is 16.7 Å². The van der Waals surface area contributed by atoms with E-state index in [4.69, 9.17) is 12.2 Å². The number of pyridine rings is 1. The molecule has 2 aromatic rings. The molecule has 116 valence electrons. The first-order valence-electron chi connectivity index (χ1n) is 7.24. The molecule has 0 saturated heterocycles. The molecule has 0 aliphatic carbocycles. The quantitative estimate of drug-likeness (QED) is 0.620. The van der Waals surface area contributed by atoms with Crippen LogP contribution in [0.15, 0.2) is 42.6 Å². The number of rotatable bonds is 6. The van der Waals surface area contributed by atoms with Gasteiger partial charge in [-0.3, -0.25) is 0 Å². The summed E-state index contributed by atoms with van der Waals surface area (Å²) in [6.45, 7) is 5.00. The van der Waals surface area contributed by atoms with Crippen molar-refractivity contribution in [1.82, 2.24) is 10.3 Å². The van der Waals surface area contributed by atoms with Gasteiger partial charge in [-0.25, -0.2) is 4.98 Å². The van der Waals surface area contributed by atoms with E-state index in [1.54, 1.807) is 6.20 Å². The fourth-order valence-corrected chi connectivity index (χ4v) is 3.01. The van der Waals surface area contributed by atoms with Gasteiger partial charge in [0.25, 0.3) is 0 Å². The average Bonchev–Trinajstić information content (AvgIpc) is 2.47. The summed E-state index contributed by atoms with van der Waals surface area (Å²) in [6, 6.07) is 12.6. The highest BCUT2D eigenvalue weighted by atomic mass is 32.2. The summed E-state index contributed by atoms with van der Waals surface area (Å²) < 4.78 is 0. The van der Waals surface area contributed by atoms with Crippen LogP contribution in [0.25, 0.3) is 0 Å². The highest BCUT2D eigenvalue weighted by Gasteiger charge is 1.99. The molecule has 0 radical (unpaired) electrons. The molecule has 1 aromatic heterocycles. The molecule has 0 spiro atoms. The van der Waals surface area contributed by atoms with Crippen LogP contribution in [-0.4, -0.2) is 22.4 Å². The third-order valence-electron chi connectivity index (χ3n) is 3.04. The molecule has 0 amide bonds. The average molecular weight is 332 g/mol. The van der Waals surface area contributed by atoms with Crippen molar-refractivity contribution in [3.8, 4) is 0 Å². The summed E-state index contributed by atoms with van der Waals surface area (Å²) in [5.41, 5.74) is 3.84. The van der Waals surface area contributed by atoms with E-state index in [9.17, 15) is 0 Å². The van der Waals surface area contributed by atoms with Crippen molar-refractivity contribution in [2.45, 2.75) is 19.6 Å². The lowest BCUT2D eigenvalue weighted by molar-refractivity contribution is 0.988. The van der Waals surface area contributed by atoms with Crippen molar-refractivity contribution in [1.29, 1.82) is 0 Å². The minimum Gasteiger partial charge on any atom is -0.362 e. The van der Waals surface area contributed by atoms with Gasteiger partial charge in [-0.1, -0.05) is 29.8 Å². The fraction of sp³-hybridized carbons (Fsp3) is 0.294. The zero-order valence-electron chi connectivity index (χ0n) is 12.9. The van der Waals surface area contributed by atoms with Gasteiger partial charge in [-0.15, -0.1) is 0 Å². The molecule has 0 saturated carbocycles. The molecule has 2 N–H and O–H groups in total. The van der Waals surface area contributed by atoms with Gasteiger partial charge in [0.05, 0.1) is 0 Å². The Kier molecular flexibility index (Phi) is 6.68. The number of thiocarbonyl (C=S) groups is 1. The molecule has 5 heteroatoms. The maximum absolute atomic E-state index is 5.27. The van der Waals surface area contributed by atoms with Crippen LogP contribution in [0, 0.1) is 13.8 Å². The number of aromatic nitrogens is 1. The first-order valence-corrected chi connectivity index (χ1v) is 8.80. The maximum atomic E-state index is 5.27. The molecular weight excluding hydrogens is 310 g/mol. The van der Waals surface area contributed by atoms with Crippen molar-refractivity contribution in [3.63, 3.8) is 0 Å². The predicted molar refractivity (Wildman–Crippen MR) is 101 cm³/mol. The highest BCUT2D eigenvalue weighted by Crippen LogP contribution is 2.12. The van der Waals surface area contributed by atoms with E-state index in [0.29, 0.717) is 5.11 Å². The van der Waals surface area contributed by atoms with Gasteiger partial charge in [0.2, 0.25) is 0 Å². The number of aryl methyl sites for hydroxylation is 2. The van der Waals surface area contributed by atoms with Gasteiger partial charge >= 0.3 is 0 Å². The summed E-state index contributed by atoms with van der Waals surface area (Å²) in [7, 11) is 0. The van der Waals surface area contributed by atoms with Gasteiger partial charge in [-0.2, -0.15) is 11.8 Å². The second kappa shape index (κ2) is 8.76. The number of hydrogen-bond acceptors (Lipinski definition) is 3. The molecule has 0 atom stereocenters. The number of benzene rings is 1. The Morgan fingerprint density at radius 1 is 1.18 bits per heavy atom. The van der Waals surface area contributed by atoms with Crippen molar-refractivity contribution >= 4 is 34.9 Å². The van der Waals surface area contributed by atoms with Gasteiger partial charge in [0.15, 0.2) is 5.11 Å². The third-order valence-corrected chi connectivity index (χ3v) is 4.32. The monoisotopic (exact) mass is 331 g/mol. The largest absolute Gasteiger partial charge is 0.362 e. The van der Waals surface area contributed by atoms with Crippen LogP contribution in [0.4, 0.5) is 5.82 Å². The first-order chi connectivity index (χ1) is 10.6. The van der Waals surface area contributed by atoms with Crippen molar-refractivity contribution in [2.75, 3.05) is 17.6 Å². The van der Waals surface area contributed by atoms with E-state index in [2.05, 4.69) is 46.8 Å². The molecule has 1 heterocycles. The van der Waals surface area contributed by atoms with Gasteiger partial charge in [0.1, 0.15) is 5.82 Å². The van der Waals surface area contributed by atoms with E-state index in [1.807, 2.05) is 30.8 Å². The molecule has 0 fully saturated rings. The van der Waals surface area contributed by atoms with E-state index < -0.39 is 0 Å². The van der Waals surface area contributed by atoms with Crippen LogP contribution in [-0.2, 0) is 5.75 Å². The summed E-state index contributed by atoms with van der Waals surface area (Å²) >= 11 is 7.17. The molecule has 3 nitrogen and oxygen atoms in total. The second-order valence-electron chi connectivity index (χ2n) is 5.14. The lowest BCUT2D eigenvalue weighted by Crippen LogP contribution is -2.30. The number of anilines is 1. The highest BCUT2D eigenvalue weighted by molar-refractivity contribution is 7.98. The summed E-state index contributed by atoms with van der Waals surface area (Å²) in [6.07, 6.45) is 1.78. The SMILES string of the molecule is Cc1cccc(CSCCNC(=S)Nc2cc(C)ccn2)c1. The summed E-state index contributed by atoms with van der Waals surface area (Å²) in [5.74, 6) is 2.82. The minimum atomic E-state index is 0.620. The number of nitrogens with zero attached hydrogens (tertiary/aromatic N) is 1. The molecule has 22 heavy (non-hydrogen) atoms. The molecule has 0 bridgehead atoms. The smallest absolute Gasteiger partial charge is 0.171 e. The molecule has 1 aromatic carbocycles.